The van der Waals surface area contributed by atoms with Gasteiger partial charge in [-0.15, -0.1) is 0 Å². The van der Waals surface area contributed by atoms with E-state index in [1.54, 1.807) is 7.05 Å². The highest BCUT2D eigenvalue weighted by Gasteiger charge is 2.12. The summed E-state index contributed by atoms with van der Waals surface area (Å²) in [6, 6.07) is 11.4. The second-order valence-corrected chi connectivity index (χ2v) is 5.29. The molecule has 2 aromatic rings. The molecule has 0 heterocycles. The quantitative estimate of drug-likeness (QED) is 0.887. The van der Waals surface area contributed by atoms with Crippen molar-refractivity contribution < 1.29 is 8.78 Å². The number of likely N-dealkylation sites (N-methyl/N-ethyl adjacent to an activating group) is 1. The summed E-state index contributed by atoms with van der Waals surface area (Å²) in [5.41, 5.74) is 1.71. The van der Waals surface area contributed by atoms with Crippen molar-refractivity contribution in [1.82, 2.24) is 5.32 Å². The van der Waals surface area contributed by atoms with Crippen LogP contribution in [0.25, 0.3) is 0 Å². The third kappa shape index (κ3) is 3.85. The van der Waals surface area contributed by atoms with Crippen LogP contribution in [-0.2, 0) is 6.42 Å². The van der Waals surface area contributed by atoms with Gasteiger partial charge in [-0.05, 0) is 48.9 Å². The molecule has 0 spiro atoms. The molecule has 0 aliphatic rings. The van der Waals surface area contributed by atoms with Gasteiger partial charge in [0.2, 0.25) is 0 Å². The van der Waals surface area contributed by atoms with Gasteiger partial charge in [0.25, 0.3) is 0 Å². The summed E-state index contributed by atoms with van der Waals surface area (Å²) in [7, 11) is 1.78. The third-order valence-corrected chi connectivity index (χ3v) is 3.46. The third-order valence-electron chi connectivity index (χ3n) is 2.96. The Bertz CT molecular complexity index is 552. The zero-order valence-electron chi connectivity index (χ0n) is 10.5. The van der Waals surface area contributed by atoms with Crippen molar-refractivity contribution >= 4 is 15.9 Å². The van der Waals surface area contributed by atoms with Gasteiger partial charge in [-0.25, -0.2) is 8.78 Å². The van der Waals surface area contributed by atoms with Gasteiger partial charge in [0.1, 0.15) is 11.6 Å². The van der Waals surface area contributed by atoms with Crippen LogP contribution in [0.5, 0.6) is 0 Å². The van der Waals surface area contributed by atoms with Gasteiger partial charge in [-0.2, -0.15) is 0 Å². The molecule has 0 saturated carbocycles. The number of rotatable bonds is 4. The number of nitrogens with one attached hydrogen (secondary N) is 1. The molecule has 4 heteroatoms. The lowest BCUT2D eigenvalue weighted by Gasteiger charge is -2.17. The molecule has 0 bridgehead atoms. The molecule has 0 aliphatic carbocycles. The Labute approximate surface area is 119 Å². The van der Waals surface area contributed by atoms with Gasteiger partial charge in [-0.3, -0.25) is 0 Å². The van der Waals surface area contributed by atoms with Gasteiger partial charge >= 0.3 is 0 Å². The predicted molar refractivity (Wildman–Crippen MR) is 76.0 cm³/mol. The van der Waals surface area contributed by atoms with E-state index in [1.165, 1.54) is 12.1 Å². The van der Waals surface area contributed by atoms with Crippen LogP contribution in [0.15, 0.2) is 46.9 Å². The molecule has 0 aliphatic heterocycles. The van der Waals surface area contributed by atoms with Crippen molar-refractivity contribution in [3.8, 4) is 0 Å². The van der Waals surface area contributed by atoms with Crippen molar-refractivity contribution in [2.45, 2.75) is 12.5 Å². The molecule has 1 nitrogen and oxygen atoms in total. The molecule has 2 rings (SSSR count). The van der Waals surface area contributed by atoms with Gasteiger partial charge in [0.15, 0.2) is 0 Å². The second-order valence-electron chi connectivity index (χ2n) is 4.38. The predicted octanol–water partition coefficient (Wildman–Crippen LogP) is 4.23. The first-order valence-electron chi connectivity index (χ1n) is 5.96. The van der Waals surface area contributed by atoms with Crippen molar-refractivity contribution in [2.75, 3.05) is 7.05 Å². The number of hydrogen-bond donors (Lipinski definition) is 1. The first-order chi connectivity index (χ1) is 9.08. The summed E-state index contributed by atoms with van der Waals surface area (Å²) in [6.07, 6.45) is 0.666. The molecule has 1 atom stereocenters. The number of halogens is 3. The van der Waals surface area contributed by atoms with E-state index in [2.05, 4.69) is 21.2 Å². The second kappa shape index (κ2) is 6.26. The summed E-state index contributed by atoms with van der Waals surface area (Å²) in [4.78, 5) is 0. The Morgan fingerprint density at radius 2 is 1.79 bits per heavy atom. The Balaban J connectivity index is 2.24. The Morgan fingerprint density at radius 1 is 1.11 bits per heavy atom. The smallest absolute Gasteiger partial charge is 0.126 e. The first-order valence-corrected chi connectivity index (χ1v) is 6.75. The molecule has 2 aromatic carbocycles. The maximum Gasteiger partial charge on any atom is 0.126 e. The highest BCUT2D eigenvalue weighted by Crippen LogP contribution is 2.22. The summed E-state index contributed by atoms with van der Waals surface area (Å²) >= 11 is 3.41. The van der Waals surface area contributed by atoms with Crippen LogP contribution in [0.2, 0.25) is 0 Å². The summed E-state index contributed by atoms with van der Waals surface area (Å²) in [5.74, 6) is -1.10. The van der Waals surface area contributed by atoms with Crippen LogP contribution in [0.4, 0.5) is 8.78 Å². The maximum absolute atomic E-state index is 13.3. The molecular formula is C15H14BrF2N. The Kier molecular flexibility index (Phi) is 4.66. The van der Waals surface area contributed by atoms with Crippen LogP contribution in [0, 0.1) is 11.6 Å². The van der Waals surface area contributed by atoms with Crippen LogP contribution >= 0.6 is 15.9 Å². The number of benzene rings is 2. The maximum atomic E-state index is 13.3. The zero-order valence-corrected chi connectivity index (χ0v) is 12.0. The van der Waals surface area contributed by atoms with E-state index in [1.807, 2.05) is 24.3 Å². The van der Waals surface area contributed by atoms with Gasteiger partial charge in [0.05, 0.1) is 0 Å². The largest absolute Gasteiger partial charge is 0.313 e. The molecule has 19 heavy (non-hydrogen) atoms. The van der Waals surface area contributed by atoms with E-state index in [0.29, 0.717) is 12.0 Å². The van der Waals surface area contributed by atoms with Crippen molar-refractivity contribution in [2.24, 2.45) is 0 Å². The fourth-order valence-corrected chi connectivity index (χ4v) is 2.51. The normalized spacial score (nSPS) is 12.4. The molecule has 1 unspecified atom stereocenters. The molecule has 0 radical (unpaired) electrons. The van der Waals surface area contributed by atoms with Crippen LogP contribution in [0.3, 0.4) is 0 Å². The summed E-state index contributed by atoms with van der Waals surface area (Å²) in [5, 5.41) is 3.09. The molecular weight excluding hydrogens is 312 g/mol. The lowest BCUT2D eigenvalue weighted by Crippen LogP contribution is -2.19. The highest BCUT2D eigenvalue weighted by atomic mass is 79.9. The zero-order chi connectivity index (χ0) is 13.8. The molecule has 0 amide bonds. The van der Waals surface area contributed by atoms with E-state index in [-0.39, 0.29) is 6.04 Å². The minimum absolute atomic E-state index is 0.125. The highest BCUT2D eigenvalue weighted by molar-refractivity contribution is 9.10. The SMILES string of the molecule is CNC(Cc1cccc(Br)c1)c1cc(F)cc(F)c1. The Hall–Kier alpha value is -1.26. The van der Waals surface area contributed by atoms with Crippen molar-refractivity contribution in [3.63, 3.8) is 0 Å². The first kappa shape index (κ1) is 14.2. The van der Waals surface area contributed by atoms with Crippen molar-refractivity contribution in [3.05, 3.63) is 69.7 Å². The monoisotopic (exact) mass is 325 g/mol. The average Bonchev–Trinajstić information content (AvgIpc) is 2.34. The van der Waals surface area contributed by atoms with Crippen LogP contribution < -0.4 is 5.32 Å². The van der Waals surface area contributed by atoms with E-state index >= 15 is 0 Å². The molecule has 0 fully saturated rings. The molecule has 100 valence electrons. The Morgan fingerprint density at radius 3 is 2.37 bits per heavy atom. The van der Waals surface area contributed by atoms with Gasteiger partial charge in [0, 0.05) is 16.6 Å². The van der Waals surface area contributed by atoms with E-state index < -0.39 is 11.6 Å². The van der Waals surface area contributed by atoms with E-state index in [0.717, 1.165) is 16.1 Å². The molecule has 1 N–H and O–H groups in total. The van der Waals surface area contributed by atoms with E-state index in [9.17, 15) is 8.78 Å². The van der Waals surface area contributed by atoms with Gasteiger partial charge in [-0.1, -0.05) is 28.1 Å². The van der Waals surface area contributed by atoms with Crippen LogP contribution in [0.1, 0.15) is 17.2 Å². The average molecular weight is 326 g/mol. The lowest BCUT2D eigenvalue weighted by molar-refractivity contribution is 0.551. The van der Waals surface area contributed by atoms with E-state index in [4.69, 9.17) is 0 Å². The fraction of sp³-hybridized carbons (Fsp3) is 0.200. The van der Waals surface area contributed by atoms with Crippen LogP contribution in [-0.4, -0.2) is 7.05 Å². The summed E-state index contributed by atoms with van der Waals surface area (Å²) < 4.78 is 27.5. The van der Waals surface area contributed by atoms with Gasteiger partial charge < -0.3 is 5.32 Å². The minimum atomic E-state index is -0.551. The standard InChI is InChI=1S/C15H14BrF2N/c1-19-15(6-10-3-2-4-12(16)5-10)11-7-13(17)9-14(18)8-11/h2-5,7-9,15,19H,6H2,1H3. The molecule has 0 aromatic heterocycles. The summed E-state index contributed by atoms with van der Waals surface area (Å²) in [6.45, 7) is 0. The van der Waals surface area contributed by atoms with Crippen molar-refractivity contribution in [1.29, 1.82) is 0 Å². The lowest BCUT2D eigenvalue weighted by atomic mass is 9.99. The fourth-order valence-electron chi connectivity index (χ4n) is 2.06. The number of hydrogen-bond acceptors (Lipinski definition) is 1. The minimum Gasteiger partial charge on any atom is -0.313 e. The topological polar surface area (TPSA) is 12.0 Å². The molecule has 0 saturated heterocycles.